The lowest BCUT2D eigenvalue weighted by Gasteiger charge is -2.25. The smallest absolute Gasteiger partial charge is 0.274 e. The third kappa shape index (κ3) is 3.27. The Morgan fingerprint density at radius 2 is 2.08 bits per heavy atom. The molecule has 0 unspecified atom stereocenters. The molecule has 0 radical (unpaired) electrons. The summed E-state index contributed by atoms with van der Waals surface area (Å²) in [7, 11) is 1.80. The van der Waals surface area contributed by atoms with Gasteiger partial charge >= 0.3 is 0 Å². The summed E-state index contributed by atoms with van der Waals surface area (Å²) in [6.45, 7) is 3.93. The highest BCUT2D eigenvalue weighted by Gasteiger charge is 2.31. The number of rotatable bonds is 5. The standard InChI is InChI=1S/C16H20N6O2/c1-3-24-15-14(19-7-8-20-15)22-9-4-12(11-22)21(2)16(23)13-10-17-5-6-18-13/h5-8,10,12H,3-4,9,11H2,1-2H3/t12-/m0/s1. The first-order valence-electron chi connectivity index (χ1n) is 7.92. The molecule has 8 heteroatoms. The Balaban J connectivity index is 1.70. The highest BCUT2D eigenvalue weighted by Crippen LogP contribution is 2.27. The van der Waals surface area contributed by atoms with Gasteiger partial charge in [0.1, 0.15) is 5.69 Å². The molecule has 0 aromatic carbocycles. The number of aromatic nitrogens is 4. The molecule has 1 amide bonds. The summed E-state index contributed by atoms with van der Waals surface area (Å²) in [5, 5.41) is 0. The molecule has 1 aliphatic heterocycles. The highest BCUT2D eigenvalue weighted by molar-refractivity contribution is 5.92. The first kappa shape index (κ1) is 16.1. The minimum Gasteiger partial charge on any atom is -0.475 e. The Hall–Kier alpha value is -2.77. The Bertz CT molecular complexity index is 696. The van der Waals surface area contributed by atoms with Gasteiger partial charge in [0, 0.05) is 44.9 Å². The second kappa shape index (κ2) is 7.20. The molecular weight excluding hydrogens is 308 g/mol. The van der Waals surface area contributed by atoms with E-state index >= 15 is 0 Å². The van der Waals surface area contributed by atoms with Crippen LogP contribution in [0.15, 0.2) is 31.0 Å². The molecule has 1 saturated heterocycles. The molecule has 1 atom stereocenters. The van der Waals surface area contributed by atoms with Crippen LogP contribution in [0, 0.1) is 0 Å². The van der Waals surface area contributed by atoms with Crippen LogP contribution >= 0.6 is 0 Å². The van der Waals surface area contributed by atoms with Crippen LogP contribution in [-0.4, -0.2) is 63.5 Å². The van der Waals surface area contributed by atoms with Gasteiger partial charge in [0.2, 0.25) is 0 Å². The van der Waals surface area contributed by atoms with Crippen molar-refractivity contribution in [3.8, 4) is 5.88 Å². The van der Waals surface area contributed by atoms with E-state index in [-0.39, 0.29) is 11.9 Å². The molecule has 1 fully saturated rings. The quantitative estimate of drug-likeness (QED) is 0.810. The number of anilines is 1. The summed E-state index contributed by atoms with van der Waals surface area (Å²) in [5.74, 6) is 1.13. The fraction of sp³-hybridized carbons (Fsp3) is 0.438. The van der Waals surface area contributed by atoms with E-state index in [9.17, 15) is 4.79 Å². The van der Waals surface area contributed by atoms with E-state index in [0.717, 1.165) is 18.8 Å². The van der Waals surface area contributed by atoms with Crippen molar-refractivity contribution in [3.05, 3.63) is 36.7 Å². The molecule has 3 rings (SSSR count). The monoisotopic (exact) mass is 328 g/mol. The van der Waals surface area contributed by atoms with Crippen molar-refractivity contribution in [3.63, 3.8) is 0 Å². The van der Waals surface area contributed by atoms with E-state index in [2.05, 4.69) is 24.8 Å². The number of carbonyl (C=O) groups is 1. The number of hydrogen-bond acceptors (Lipinski definition) is 7. The maximum Gasteiger partial charge on any atom is 0.274 e. The van der Waals surface area contributed by atoms with Crippen LogP contribution in [0.5, 0.6) is 5.88 Å². The third-order valence-electron chi connectivity index (χ3n) is 4.04. The Morgan fingerprint density at radius 1 is 1.29 bits per heavy atom. The molecule has 1 aliphatic rings. The van der Waals surface area contributed by atoms with Crippen LogP contribution in [0.1, 0.15) is 23.8 Å². The molecule has 3 heterocycles. The average Bonchev–Trinajstić information content (AvgIpc) is 3.12. The van der Waals surface area contributed by atoms with Gasteiger partial charge in [-0.2, -0.15) is 0 Å². The van der Waals surface area contributed by atoms with E-state index in [0.29, 0.717) is 24.7 Å². The third-order valence-corrected chi connectivity index (χ3v) is 4.04. The van der Waals surface area contributed by atoms with Crippen molar-refractivity contribution in [1.29, 1.82) is 0 Å². The minimum atomic E-state index is -0.126. The number of hydrogen-bond donors (Lipinski definition) is 0. The first-order chi connectivity index (χ1) is 11.7. The van der Waals surface area contributed by atoms with Gasteiger partial charge in [0.05, 0.1) is 18.8 Å². The maximum atomic E-state index is 12.5. The number of nitrogens with zero attached hydrogens (tertiary/aromatic N) is 6. The van der Waals surface area contributed by atoms with E-state index < -0.39 is 0 Å². The molecule has 0 aliphatic carbocycles. The number of ether oxygens (including phenoxy) is 1. The largest absolute Gasteiger partial charge is 0.475 e. The SMILES string of the molecule is CCOc1nccnc1N1CC[C@H](N(C)C(=O)c2cnccn2)C1. The maximum absolute atomic E-state index is 12.5. The van der Waals surface area contributed by atoms with Crippen molar-refractivity contribution in [1.82, 2.24) is 24.8 Å². The van der Waals surface area contributed by atoms with Gasteiger partial charge in [-0.15, -0.1) is 0 Å². The van der Waals surface area contributed by atoms with E-state index in [1.54, 1.807) is 30.5 Å². The average molecular weight is 328 g/mol. The second-order valence-electron chi connectivity index (χ2n) is 5.51. The molecule has 126 valence electrons. The fourth-order valence-electron chi connectivity index (χ4n) is 2.78. The highest BCUT2D eigenvalue weighted by atomic mass is 16.5. The molecule has 0 saturated carbocycles. The van der Waals surface area contributed by atoms with Crippen LogP contribution in [-0.2, 0) is 0 Å². The number of amides is 1. The van der Waals surface area contributed by atoms with Crippen molar-refractivity contribution >= 4 is 11.7 Å². The molecule has 0 bridgehead atoms. The van der Waals surface area contributed by atoms with Gasteiger partial charge < -0.3 is 14.5 Å². The normalized spacial score (nSPS) is 16.9. The van der Waals surface area contributed by atoms with Crippen LogP contribution in [0.3, 0.4) is 0 Å². The summed E-state index contributed by atoms with van der Waals surface area (Å²) in [6.07, 6.45) is 8.69. The zero-order valence-electron chi connectivity index (χ0n) is 13.8. The summed E-state index contributed by atoms with van der Waals surface area (Å²) in [5.41, 5.74) is 0.355. The molecule has 2 aromatic rings. The molecular formula is C16H20N6O2. The zero-order chi connectivity index (χ0) is 16.9. The fourth-order valence-corrected chi connectivity index (χ4v) is 2.78. The molecule has 2 aromatic heterocycles. The Labute approximate surface area is 140 Å². The lowest BCUT2D eigenvalue weighted by atomic mass is 10.2. The molecule has 0 N–H and O–H groups in total. The Morgan fingerprint density at radius 3 is 2.83 bits per heavy atom. The van der Waals surface area contributed by atoms with Crippen LogP contribution in [0.4, 0.5) is 5.82 Å². The second-order valence-corrected chi connectivity index (χ2v) is 5.51. The lowest BCUT2D eigenvalue weighted by molar-refractivity contribution is 0.0738. The number of carbonyl (C=O) groups excluding carboxylic acids is 1. The summed E-state index contributed by atoms with van der Waals surface area (Å²) in [6, 6.07) is 0.0796. The van der Waals surface area contributed by atoms with Gasteiger partial charge in [-0.25, -0.2) is 15.0 Å². The van der Waals surface area contributed by atoms with E-state index in [4.69, 9.17) is 4.74 Å². The summed E-state index contributed by atoms with van der Waals surface area (Å²) in [4.78, 5) is 33.0. The van der Waals surface area contributed by atoms with E-state index in [1.165, 1.54) is 12.4 Å². The molecule has 24 heavy (non-hydrogen) atoms. The van der Waals surface area contributed by atoms with Crippen LogP contribution < -0.4 is 9.64 Å². The molecule has 8 nitrogen and oxygen atoms in total. The topological polar surface area (TPSA) is 84.3 Å². The van der Waals surface area contributed by atoms with E-state index in [1.807, 2.05) is 6.92 Å². The predicted molar refractivity (Wildman–Crippen MR) is 87.9 cm³/mol. The summed E-state index contributed by atoms with van der Waals surface area (Å²) >= 11 is 0. The minimum absolute atomic E-state index is 0.0796. The van der Waals surface area contributed by atoms with Crippen molar-refractivity contribution in [2.75, 3.05) is 31.6 Å². The zero-order valence-corrected chi connectivity index (χ0v) is 13.8. The Kier molecular flexibility index (Phi) is 4.83. The van der Waals surface area contributed by atoms with Crippen LogP contribution in [0.25, 0.3) is 0 Å². The van der Waals surface area contributed by atoms with Crippen molar-refractivity contribution < 1.29 is 9.53 Å². The van der Waals surface area contributed by atoms with Crippen molar-refractivity contribution in [2.24, 2.45) is 0 Å². The van der Waals surface area contributed by atoms with Gasteiger partial charge in [-0.3, -0.25) is 9.78 Å². The first-order valence-corrected chi connectivity index (χ1v) is 7.92. The van der Waals surface area contributed by atoms with Crippen LogP contribution in [0.2, 0.25) is 0 Å². The van der Waals surface area contributed by atoms with Gasteiger partial charge in [-0.05, 0) is 13.3 Å². The van der Waals surface area contributed by atoms with Gasteiger partial charge in [-0.1, -0.05) is 0 Å². The number of likely N-dealkylation sites (N-methyl/N-ethyl adjacent to an activating group) is 1. The van der Waals surface area contributed by atoms with Crippen molar-refractivity contribution in [2.45, 2.75) is 19.4 Å². The lowest BCUT2D eigenvalue weighted by Crippen LogP contribution is -2.39. The predicted octanol–water partition coefficient (Wildman–Crippen LogP) is 1.02. The molecule has 0 spiro atoms. The van der Waals surface area contributed by atoms with Gasteiger partial charge in [0.25, 0.3) is 11.8 Å². The summed E-state index contributed by atoms with van der Waals surface area (Å²) < 4.78 is 5.55. The van der Waals surface area contributed by atoms with Gasteiger partial charge in [0.15, 0.2) is 5.82 Å².